The van der Waals surface area contributed by atoms with Crippen molar-refractivity contribution in [2.24, 2.45) is 0 Å². The molecule has 3 N–H and O–H groups in total. The summed E-state index contributed by atoms with van der Waals surface area (Å²) in [4.78, 5) is 16.1. The molecule has 0 saturated heterocycles. The van der Waals surface area contributed by atoms with Gasteiger partial charge >= 0.3 is 5.69 Å². The van der Waals surface area contributed by atoms with Crippen molar-refractivity contribution in [3.63, 3.8) is 0 Å². The molecule has 1 aromatic carbocycles. The zero-order chi connectivity index (χ0) is 12.5. The maximum Gasteiger partial charge on any atom is 0.323 e. The summed E-state index contributed by atoms with van der Waals surface area (Å²) in [5.41, 5.74) is 0.593. The Kier molecular flexibility index (Phi) is 2.75. The number of hydrogen-bond acceptors (Lipinski definition) is 3. The van der Waals surface area contributed by atoms with E-state index in [0.717, 1.165) is 0 Å². The van der Waals surface area contributed by atoms with Gasteiger partial charge in [0.15, 0.2) is 0 Å². The second-order valence-electron chi connectivity index (χ2n) is 3.32. The molecule has 0 aliphatic carbocycles. The molecular weight excluding hydrogens is 242 g/mol. The summed E-state index contributed by atoms with van der Waals surface area (Å²) in [6.07, 6.45) is 4.98. The van der Waals surface area contributed by atoms with Crippen LogP contribution in [0.4, 0.5) is 0 Å². The van der Waals surface area contributed by atoms with Crippen molar-refractivity contribution in [2.75, 3.05) is 6.54 Å². The Morgan fingerprint density at radius 2 is 2.00 bits per heavy atom. The van der Waals surface area contributed by atoms with E-state index in [0.29, 0.717) is 11.0 Å². The van der Waals surface area contributed by atoms with Gasteiger partial charge in [0.25, 0.3) is 0 Å². The zero-order valence-electron chi connectivity index (χ0n) is 8.65. The summed E-state index contributed by atoms with van der Waals surface area (Å²) in [5, 5.41) is 0. The van der Waals surface area contributed by atoms with Crippen molar-refractivity contribution in [1.29, 1.82) is 0 Å². The lowest BCUT2D eigenvalue weighted by Gasteiger charge is -2.03. The van der Waals surface area contributed by atoms with E-state index in [2.05, 4.69) is 20.6 Å². The Labute approximate surface area is 97.1 Å². The second kappa shape index (κ2) is 4.08. The average molecular weight is 251 g/mol. The highest BCUT2D eigenvalue weighted by Crippen LogP contribution is 2.14. The number of H-pyrrole nitrogens is 2. The predicted octanol–water partition coefficient (Wildman–Crippen LogP) is -0.232. The summed E-state index contributed by atoms with van der Waals surface area (Å²) in [7, 11) is -3.63. The van der Waals surface area contributed by atoms with Gasteiger partial charge < -0.3 is 9.97 Å². The first-order valence-electron chi connectivity index (χ1n) is 4.68. The van der Waals surface area contributed by atoms with Crippen LogP contribution in [0.25, 0.3) is 11.0 Å². The number of rotatable bonds is 3. The minimum absolute atomic E-state index is 0.0514. The normalized spacial score (nSPS) is 11.5. The third kappa shape index (κ3) is 2.22. The molecule has 2 rings (SSSR count). The summed E-state index contributed by atoms with van der Waals surface area (Å²) in [6.45, 7) is -0.0793. The number of imidazole rings is 1. The molecule has 0 atom stereocenters. The van der Waals surface area contributed by atoms with Crippen molar-refractivity contribution >= 4 is 21.1 Å². The van der Waals surface area contributed by atoms with Gasteiger partial charge in [0.05, 0.1) is 22.5 Å². The summed E-state index contributed by atoms with van der Waals surface area (Å²) in [6, 6.07) is 4.27. The van der Waals surface area contributed by atoms with Gasteiger partial charge in [0.2, 0.25) is 10.0 Å². The molecule has 0 spiro atoms. The molecule has 0 fully saturated rings. The van der Waals surface area contributed by atoms with E-state index in [1.54, 1.807) is 0 Å². The van der Waals surface area contributed by atoms with Crippen molar-refractivity contribution in [1.82, 2.24) is 14.7 Å². The molecule has 0 aliphatic heterocycles. The molecular formula is C10H9N3O3S. The highest BCUT2D eigenvalue weighted by atomic mass is 32.2. The van der Waals surface area contributed by atoms with Crippen molar-refractivity contribution < 1.29 is 8.42 Å². The SMILES string of the molecule is C#CCNS(=O)(=O)c1ccc2[nH]c(=O)[nH]c2c1. The van der Waals surface area contributed by atoms with E-state index in [1.165, 1.54) is 18.2 Å². The van der Waals surface area contributed by atoms with E-state index >= 15 is 0 Å². The van der Waals surface area contributed by atoms with Crippen LogP contribution in [0.1, 0.15) is 0 Å². The summed E-state index contributed by atoms with van der Waals surface area (Å²) < 4.78 is 25.7. The van der Waals surface area contributed by atoms with Gasteiger partial charge in [-0.2, -0.15) is 4.72 Å². The Morgan fingerprint density at radius 1 is 1.29 bits per heavy atom. The van der Waals surface area contributed by atoms with Crippen LogP contribution in [-0.2, 0) is 10.0 Å². The third-order valence-corrected chi connectivity index (χ3v) is 3.56. The molecule has 0 unspecified atom stereocenters. The average Bonchev–Trinajstić information content (AvgIpc) is 2.65. The molecule has 1 aromatic heterocycles. The molecule has 17 heavy (non-hydrogen) atoms. The molecule has 6 nitrogen and oxygen atoms in total. The fraction of sp³-hybridized carbons (Fsp3) is 0.100. The number of terminal acetylenes is 1. The van der Waals surface area contributed by atoms with Crippen LogP contribution >= 0.6 is 0 Å². The van der Waals surface area contributed by atoms with Crippen molar-refractivity contribution in [3.05, 3.63) is 28.7 Å². The van der Waals surface area contributed by atoms with Crippen LogP contribution in [0.5, 0.6) is 0 Å². The van der Waals surface area contributed by atoms with Gasteiger partial charge in [-0.15, -0.1) is 6.42 Å². The highest BCUT2D eigenvalue weighted by Gasteiger charge is 2.13. The van der Waals surface area contributed by atoms with Crippen LogP contribution in [0, 0.1) is 12.3 Å². The van der Waals surface area contributed by atoms with Crippen LogP contribution in [0.3, 0.4) is 0 Å². The fourth-order valence-corrected chi connectivity index (χ4v) is 2.36. The Morgan fingerprint density at radius 3 is 2.71 bits per heavy atom. The van der Waals surface area contributed by atoms with E-state index in [1.807, 2.05) is 0 Å². The number of aromatic amines is 2. The lowest BCUT2D eigenvalue weighted by molar-refractivity contribution is 0.586. The topological polar surface area (TPSA) is 94.8 Å². The number of benzene rings is 1. The molecule has 0 radical (unpaired) electrons. The number of fused-ring (bicyclic) bond motifs is 1. The maximum atomic E-state index is 11.7. The predicted molar refractivity (Wildman–Crippen MR) is 62.9 cm³/mol. The number of aromatic nitrogens is 2. The first kappa shape index (κ1) is 11.4. The smallest absolute Gasteiger partial charge is 0.306 e. The molecule has 0 aliphatic rings. The standard InChI is InChI=1S/C10H9N3O3S/c1-2-5-11-17(15,16)7-3-4-8-9(6-7)13-10(14)12-8/h1,3-4,6,11H,5H2,(H2,12,13,14). The van der Waals surface area contributed by atoms with Gasteiger partial charge in [0.1, 0.15) is 0 Å². The van der Waals surface area contributed by atoms with Gasteiger partial charge in [-0.05, 0) is 18.2 Å². The third-order valence-electron chi connectivity index (χ3n) is 2.16. The van der Waals surface area contributed by atoms with Gasteiger partial charge in [-0.25, -0.2) is 13.2 Å². The number of sulfonamides is 1. The van der Waals surface area contributed by atoms with E-state index in [-0.39, 0.29) is 17.1 Å². The van der Waals surface area contributed by atoms with Crippen LogP contribution < -0.4 is 10.4 Å². The molecule has 7 heteroatoms. The van der Waals surface area contributed by atoms with E-state index in [4.69, 9.17) is 6.42 Å². The molecule has 1 heterocycles. The molecule has 2 aromatic rings. The summed E-state index contributed by atoms with van der Waals surface area (Å²) in [5.74, 6) is 2.18. The van der Waals surface area contributed by atoms with Gasteiger partial charge in [-0.3, -0.25) is 0 Å². The van der Waals surface area contributed by atoms with Crippen LogP contribution in [0.15, 0.2) is 27.9 Å². The van der Waals surface area contributed by atoms with E-state index in [9.17, 15) is 13.2 Å². The van der Waals surface area contributed by atoms with Gasteiger partial charge in [-0.1, -0.05) is 5.92 Å². The Balaban J connectivity index is 2.49. The maximum absolute atomic E-state index is 11.7. The monoisotopic (exact) mass is 251 g/mol. The van der Waals surface area contributed by atoms with Gasteiger partial charge in [0, 0.05) is 0 Å². The quantitative estimate of drug-likeness (QED) is 0.657. The number of nitrogens with one attached hydrogen (secondary N) is 3. The largest absolute Gasteiger partial charge is 0.323 e. The first-order valence-corrected chi connectivity index (χ1v) is 6.16. The molecule has 0 bridgehead atoms. The highest BCUT2D eigenvalue weighted by molar-refractivity contribution is 7.89. The summed E-state index contributed by atoms with van der Waals surface area (Å²) >= 11 is 0. The van der Waals surface area contributed by atoms with E-state index < -0.39 is 10.0 Å². The lowest BCUT2D eigenvalue weighted by atomic mass is 10.3. The van der Waals surface area contributed by atoms with Crippen molar-refractivity contribution in [3.8, 4) is 12.3 Å². The van der Waals surface area contributed by atoms with Crippen LogP contribution in [0.2, 0.25) is 0 Å². The first-order chi connectivity index (χ1) is 8.03. The molecule has 88 valence electrons. The fourth-order valence-electron chi connectivity index (χ4n) is 1.40. The zero-order valence-corrected chi connectivity index (χ0v) is 9.47. The lowest BCUT2D eigenvalue weighted by Crippen LogP contribution is -2.23. The Hall–Kier alpha value is -2.04. The minimum Gasteiger partial charge on any atom is -0.306 e. The second-order valence-corrected chi connectivity index (χ2v) is 5.08. The van der Waals surface area contributed by atoms with Crippen LogP contribution in [-0.4, -0.2) is 24.9 Å². The molecule has 0 amide bonds. The van der Waals surface area contributed by atoms with Crippen molar-refractivity contribution in [2.45, 2.75) is 4.90 Å². The minimum atomic E-state index is -3.63. The Bertz CT molecular complexity index is 749. The molecule has 0 saturated carbocycles. The number of hydrogen-bond donors (Lipinski definition) is 3.